The lowest BCUT2D eigenvalue weighted by molar-refractivity contribution is 0.574. The highest BCUT2D eigenvalue weighted by molar-refractivity contribution is 5.55. The van der Waals surface area contributed by atoms with Crippen LogP contribution < -0.4 is 0 Å². The summed E-state index contributed by atoms with van der Waals surface area (Å²) in [5, 5.41) is 8.95. The molecule has 0 fully saturated rings. The van der Waals surface area contributed by atoms with Gasteiger partial charge in [-0.2, -0.15) is 0 Å². The Labute approximate surface area is 136 Å². The summed E-state index contributed by atoms with van der Waals surface area (Å²) in [4.78, 5) is 4.78. The van der Waals surface area contributed by atoms with Crippen molar-refractivity contribution in [2.24, 2.45) is 10.2 Å². The third-order valence-corrected chi connectivity index (χ3v) is 3.73. The number of aryl methyl sites for hydroxylation is 2. The van der Waals surface area contributed by atoms with Crippen molar-refractivity contribution in [2.75, 3.05) is 0 Å². The summed E-state index contributed by atoms with van der Waals surface area (Å²) in [6.07, 6.45) is 2.01. The molecule has 2 heterocycles. The first kappa shape index (κ1) is 15.4. The van der Waals surface area contributed by atoms with Gasteiger partial charge in [-0.05, 0) is 49.2 Å². The number of nitrogens with zero attached hydrogens (tertiary/aromatic N) is 4. The van der Waals surface area contributed by atoms with Gasteiger partial charge >= 0.3 is 0 Å². The first-order valence-electron chi connectivity index (χ1n) is 7.82. The van der Waals surface area contributed by atoms with Crippen molar-refractivity contribution in [3.63, 3.8) is 0 Å². The molecule has 0 aliphatic heterocycles. The summed E-state index contributed by atoms with van der Waals surface area (Å²) >= 11 is 0. The summed E-state index contributed by atoms with van der Waals surface area (Å²) in [7, 11) is 0. The Balaban J connectivity index is 2.15. The van der Waals surface area contributed by atoms with Gasteiger partial charge in [0.1, 0.15) is 5.65 Å². The van der Waals surface area contributed by atoms with Crippen LogP contribution >= 0.6 is 0 Å². The fraction of sp³-hybridized carbons (Fsp3) is 0.316. The SMILES string of the molecule is Cc1cccc(N=Nc2c(C(C)(C)C)nc3cc(C)ccn23)c1. The second-order valence-corrected chi connectivity index (χ2v) is 7.01. The van der Waals surface area contributed by atoms with Gasteiger partial charge in [-0.3, -0.25) is 4.40 Å². The molecule has 3 rings (SSSR count). The van der Waals surface area contributed by atoms with Crippen molar-refractivity contribution in [1.82, 2.24) is 9.38 Å². The number of pyridine rings is 1. The molecule has 0 spiro atoms. The molecule has 23 heavy (non-hydrogen) atoms. The Hall–Kier alpha value is -2.49. The van der Waals surface area contributed by atoms with Gasteiger partial charge in [-0.1, -0.05) is 32.9 Å². The summed E-state index contributed by atoms with van der Waals surface area (Å²) < 4.78 is 2.01. The Morgan fingerprint density at radius 2 is 1.70 bits per heavy atom. The maximum absolute atomic E-state index is 4.78. The van der Waals surface area contributed by atoms with Crippen LogP contribution in [0.2, 0.25) is 0 Å². The first-order chi connectivity index (χ1) is 10.8. The number of benzene rings is 1. The third-order valence-electron chi connectivity index (χ3n) is 3.73. The van der Waals surface area contributed by atoms with Crippen LogP contribution in [0, 0.1) is 13.8 Å². The Morgan fingerprint density at radius 3 is 2.39 bits per heavy atom. The van der Waals surface area contributed by atoms with E-state index in [-0.39, 0.29) is 5.41 Å². The quantitative estimate of drug-likeness (QED) is 0.563. The molecule has 0 atom stereocenters. The highest BCUT2D eigenvalue weighted by Gasteiger charge is 2.24. The third kappa shape index (κ3) is 3.16. The summed E-state index contributed by atoms with van der Waals surface area (Å²) in [6, 6.07) is 12.2. The van der Waals surface area contributed by atoms with Crippen molar-refractivity contribution in [2.45, 2.75) is 40.0 Å². The molecule has 118 valence electrons. The average molecular weight is 306 g/mol. The number of azo groups is 1. The molecule has 1 aromatic carbocycles. The van der Waals surface area contributed by atoms with Gasteiger partial charge in [0, 0.05) is 11.6 Å². The van der Waals surface area contributed by atoms with Gasteiger partial charge in [0.05, 0.1) is 11.4 Å². The second kappa shape index (κ2) is 5.61. The topological polar surface area (TPSA) is 42.0 Å². The molecule has 0 N–H and O–H groups in total. The Bertz CT molecular complexity index is 882. The molecule has 0 bridgehead atoms. The van der Waals surface area contributed by atoms with E-state index in [0.29, 0.717) is 0 Å². The summed E-state index contributed by atoms with van der Waals surface area (Å²) in [5.74, 6) is 0.800. The Kier molecular flexibility index (Phi) is 3.76. The van der Waals surface area contributed by atoms with E-state index in [1.54, 1.807) is 0 Å². The molecule has 0 saturated heterocycles. The second-order valence-electron chi connectivity index (χ2n) is 7.01. The molecule has 0 aliphatic carbocycles. The van der Waals surface area contributed by atoms with Crippen LogP contribution in [0.25, 0.3) is 5.65 Å². The molecule has 0 aliphatic rings. The summed E-state index contributed by atoms with van der Waals surface area (Å²) in [5.41, 5.74) is 4.98. The van der Waals surface area contributed by atoms with Gasteiger partial charge in [-0.15, -0.1) is 10.2 Å². The van der Waals surface area contributed by atoms with Gasteiger partial charge in [-0.25, -0.2) is 4.98 Å². The number of hydrogen-bond acceptors (Lipinski definition) is 3. The Morgan fingerprint density at radius 1 is 0.957 bits per heavy atom. The zero-order valence-electron chi connectivity index (χ0n) is 14.3. The zero-order chi connectivity index (χ0) is 16.6. The number of fused-ring (bicyclic) bond motifs is 1. The van der Waals surface area contributed by atoms with Crippen molar-refractivity contribution >= 4 is 17.2 Å². The fourth-order valence-corrected chi connectivity index (χ4v) is 2.53. The minimum Gasteiger partial charge on any atom is -0.283 e. The largest absolute Gasteiger partial charge is 0.283 e. The van der Waals surface area contributed by atoms with E-state index in [2.05, 4.69) is 63.0 Å². The van der Waals surface area contributed by atoms with E-state index < -0.39 is 0 Å². The average Bonchev–Trinajstić information content (AvgIpc) is 2.83. The van der Waals surface area contributed by atoms with Crippen LogP contribution in [0.5, 0.6) is 0 Å². The standard InChI is InChI=1S/C19H22N4/c1-13-7-6-8-15(11-13)21-22-18-17(19(3,4)5)20-16-12-14(2)9-10-23(16)18/h6-12H,1-5H3. The highest BCUT2D eigenvalue weighted by Crippen LogP contribution is 2.33. The molecule has 0 saturated carbocycles. The molecular weight excluding hydrogens is 284 g/mol. The monoisotopic (exact) mass is 306 g/mol. The van der Waals surface area contributed by atoms with E-state index in [1.165, 1.54) is 11.1 Å². The van der Waals surface area contributed by atoms with E-state index in [9.17, 15) is 0 Å². The van der Waals surface area contributed by atoms with Crippen molar-refractivity contribution in [3.8, 4) is 0 Å². The van der Waals surface area contributed by atoms with Gasteiger partial charge in [0.15, 0.2) is 5.82 Å². The summed E-state index contributed by atoms with van der Waals surface area (Å²) in [6.45, 7) is 10.6. The molecule has 0 radical (unpaired) electrons. The van der Waals surface area contributed by atoms with E-state index in [0.717, 1.165) is 22.8 Å². The fourth-order valence-electron chi connectivity index (χ4n) is 2.53. The highest BCUT2D eigenvalue weighted by atomic mass is 15.2. The predicted octanol–water partition coefficient (Wildman–Crippen LogP) is 5.66. The van der Waals surface area contributed by atoms with Crippen molar-refractivity contribution in [1.29, 1.82) is 0 Å². The predicted molar refractivity (Wildman–Crippen MR) is 94.0 cm³/mol. The van der Waals surface area contributed by atoms with Crippen molar-refractivity contribution < 1.29 is 0 Å². The minimum absolute atomic E-state index is 0.0963. The first-order valence-corrected chi connectivity index (χ1v) is 7.82. The van der Waals surface area contributed by atoms with Gasteiger partial charge in [0.2, 0.25) is 0 Å². The normalized spacial score (nSPS) is 12.4. The lowest BCUT2D eigenvalue weighted by Crippen LogP contribution is -2.11. The molecule has 2 aromatic heterocycles. The number of imidazole rings is 1. The lowest BCUT2D eigenvalue weighted by Gasteiger charge is -2.15. The van der Waals surface area contributed by atoms with Crippen LogP contribution in [0.3, 0.4) is 0 Å². The van der Waals surface area contributed by atoms with Crippen LogP contribution in [0.1, 0.15) is 37.6 Å². The maximum atomic E-state index is 4.78. The lowest BCUT2D eigenvalue weighted by atomic mass is 9.92. The smallest absolute Gasteiger partial charge is 0.183 e. The molecule has 0 amide bonds. The number of rotatable bonds is 2. The van der Waals surface area contributed by atoms with Crippen LogP contribution in [0.4, 0.5) is 11.5 Å². The number of aromatic nitrogens is 2. The van der Waals surface area contributed by atoms with Crippen LogP contribution in [0.15, 0.2) is 52.8 Å². The molecule has 4 heteroatoms. The van der Waals surface area contributed by atoms with Crippen LogP contribution in [-0.2, 0) is 5.41 Å². The molecule has 4 nitrogen and oxygen atoms in total. The molecule has 3 aromatic rings. The van der Waals surface area contributed by atoms with E-state index in [4.69, 9.17) is 4.98 Å². The van der Waals surface area contributed by atoms with Crippen LogP contribution in [-0.4, -0.2) is 9.38 Å². The maximum Gasteiger partial charge on any atom is 0.183 e. The van der Waals surface area contributed by atoms with Crippen molar-refractivity contribution in [3.05, 3.63) is 59.4 Å². The minimum atomic E-state index is -0.0963. The van der Waals surface area contributed by atoms with Gasteiger partial charge in [0.25, 0.3) is 0 Å². The number of hydrogen-bond donors (Lipinski definition) is 0. The molecule has 0 unspecified atom stereocenters. The zero-order valence-corrected chi connectivity index (χ0v) is 14.3. The molecular formula is C19H22N4. The van der Waals surface area contributed by atoms with Gasteiger partial charge < -0.3 is 0 Å². The van der Waals surface area contributed by atoms with E-state index in [1.807, 2.05) is 28.8 Å². The van der Waals surface area contributed by atoms with E-state index >= 15 is 0 Å².